The van der Waals surface area contributed by atoms with Gasteiger partial charge in [0, 0.05) is 26.8 Å². The lowest BCUT2D eigenvalue weighted by atomic mass is 9.51. The first-order chi connectivity index (χ1) is 11.4. The van der Waals surface area contributed by atoms with Gasteiger partial charge in [0.2, 0.25) is 5.91 Å². The molecule has 138 valence electrons. The molecule has 0 aromatic heterocycles. The molecular weight excluding hydrogens is 302 g/mol. The van der Waals surface area contributed by atoms with Gasteiger partial charge in [0.1, 0.15) is 0 Å². The zero-order chi connectivity index (χ0) is 17.5. The smallest absolute Gasteiger partial charge is 0.229 e. The Balaban J connectivity index is 1.80. The van der Waals surface area contributed by atoms with Gasteiger partial charge < -0.3 is 14.4 Å². The Bertz CT molecular complexity index is 464. The molecule has 1 aliphatic carbocycles. The van der Waals surface area contributed by atoms with E-state index < -0.39 is 0 Å². The van der Waals surface area contributed by atoms with Crippen LogP contribution < -0.4 is 0 Å². The van der Waals surface area contributed by atoms with Gasteiger partial charge in [-0.1, -0.05) is 27.7 Å². The number of likely N-dealkylation sites (tertiary alicyclic amines) is 1. The highest BCUT2D eigenvalue weighted by Gasteiger charge is 2.59. The van der Waals surface area contributed by atoms with Crippen LogP contribution in [0.15, 0.2) is 0 Å². The largest absolute Gasteiger partial charge is 0.381 e. The summed E-state index contributed by atoms with van der Waals surface area (Å²) in [5.41, 5.74) is -0.125. The third-order valence-corrected chi connectivity index (χ3v) is 7.52. The molecule has 4 nitrogen and oxygen atoms in total. The monoisotopic (exact) mass is 337 g/mol. The molecule has 3 fully saturated rings. The molecule has 0 bridgehead atoms. The lowest BCUT2D eigenvalue weighted by molar-refractivity contribution is -0.154. The van der Waals surface area contributed by atoms with Crippen molar-refractivity contribution in [3.8, 4) is 0 Å². The number of hydrogen-bond donors (Lipinski definition) is 0. The molecule has 3 rings (SSSR count). The zero-order valence-corrected chi connectivity index (χ0v) is 16.1. The van der Waals surface area contributed by atoms with Crippen LogP contribution in [0.5, 0.6) is 0 Å². The second kappa shape index (κ2) is 6.60. The summed E-state index contributed by atoms with van der Waals surface area (Å²) >= 11 is 0. The molecule has 2 heterocycles. The van der Waals surface area contributed by atoms with Gasteiger partial charge >= 0.3 is 0 Å². The zero-order valence-electron chi connectivity index (χ0n) is 16.1. The molecule has 2 aliphatic heterocycles. The van der Waals surface area contributed by atoms with Crippen molar-refractivity contribution in [3.05, 3.63) is 0 Å². The molecule has 1 amide bonds. The van der Waals surface area contributed by atoms with Gasteiger partial charge in [-0.2, -0.15) is 0 Å². The fraction of sp³-hybridized carbons (Fsp3) is 0.950. The van der Waals surface area contributed by atoms with Gasteiger partial charge in [0.25, 0.3) is 0 Å². The lowest BCUT2D eigenvalue weighted by Crippen LogP contribution is -2.53. The van der Waals surface area contributed by atoms with Gasteiger partial charge in [-0.25, -0.2) is 0 Å². The van der Waals surface area contributed by atoms with Gasteiger partial charge in [-0.05, 0) is 49.4 Å². The molecule has 0 N–H and O–H groups in total. The number of nitrogens with zero attached hydrogens (tertiary/aromatic N) is 1. The number of ether oxygens (including phenoxy) is 2. The lowest BCUT2D eigenvalue weighted by Gasteiger charge is -2.53. The van der Waals surface area contributed by atoms with Crippen LogP contribution in [0.3, 0.4) is 0 Å². The highest BCUT2D eigenvalue weighted by Crippen LogP contribution is 2.59. The first-order valence-corrected chi connectivity index (χ1v) is 9.80. The van der Waals surface area contributed by atoms with Crippen molar-refractivity contribution < 1.29 is 14.3 Å². The molecule has 4 atom stereocenters. The highest BCUT2D eigenvalue weighted by atomic mass is 16.5. The van der Waals surface area contributed by atoms with Crippen LogP contribution in [0.1, 0.15) is 59.8 Å². The topological polar surface area (TPSA) is 38.8 Å². The SMILES string of the molecule is CCC1(C2(C)CCN(CC3CCO3)C2=O)CC(C)C(OC)C(C)C1. The maximum absolute atomic E-state index is 13.4. The summed E-state index contributed by atoms with van der Waals surface area (Å²) in [5, 5.41) is 0. The van der Waals surface area contributed by atoms with Crippen molar-refractivity contribution in [2.75, 3.05) is 26.8 Å². The third kappa shape index (κ3) is 2.70. The van der Waals surface area contributed by atoms with Crippen molar-refractivity contribution in [2.45, 2.75) is 72.0 Å². The Labute approximate surface area is 147 Å². The van der Waals surface area contributed by atoms with E-state index in [0.29, 0.717) is 23.8 Å². The molecule has 0 aromatic carbocycles. The molecule has 4 heteroatoms. The number of hydrogen-bond acceptors (Lipinski definition) is 3. The predicted molar refractivity (Wildman–Crippen MR) is 94.7 cm³/mol. The summed E-state index contributed by atoms with van der Waals surface area (Å²) in [6, 6.07) is 0. The molecule has 4 unspecified atom stereocenters. The quantitative estimate of drug-likeness (QED) is 0.771. The molecule has 0 aromatic rings. The number of amides is 1. The van der Waals surface area contributed by atoms with E-state index in [2.05, 4.69) is 32.6 Å². The number of rotatable bonds is 5. The molecule has 0 radical (unpaired) electrons. The summed E-state index contributed by atoms with van der Waals surface area (Å²) in [4.78, 5) is 15.5. The molecule has 1 saturated carbocycles. The van der Waals surface area contributed by atoms with Crippen LogP contribution in [0.4, 0.5) is 0 Å². The van der Waals surface area contributed by atoms with Crippen molar-refractivity contribution in [2.24, 2.45) is 22.7 Å². The molecular formula is C20H35NO3. The Morgan fingerprint density at radius 2 is 1.92 bits per heavy atom. The Morgan fingerprint density at radius 1 is 1.29 bits per heavy atom. The van der Waals surface area contributed by atoms with Crippen LogP contribution >= 0.6 is 0 Å². The number of carbonyl (C=O) groups is 1. The van der Waals surface area contributed by atoms with E-state index in [1.807, 2.05) is 7.11 Å². The van der Waals surface area contributed by atoms with Crippen molar-refractivity contribution >= 4 is 5.91 Å². The molecule has 0 spiro atoms. The van der Waals surface area contributed by atoms with Crippen LogP contribution in [0, 0.1) is 22.7 Å². The third-order valence-electron chi connectivity index (χ3n) is 7.52. The fourth-order valence-corrected chi connectivity index (χ4v) is 5.96. The van der Waals surface area contributed by atoms with E-state index in [1.54, 1.807) is 0 Å². The Morgan fingerprint density at radius 3 is 2.38 bits per heavy atom. The van der Waals surface area contributed by atoms with E-state index in [9.17, 15) is 4.79 Å². The number of methoxy groups -OCH3 is 1. The maximum atomic E-state index is 13.4. The van der Waals surface area contributed by atoms with E-state index >= 15 is 0 Å². The van der Waals surface area contributed by atoms with E-state index in [-0.39, 0.29) is 16.9 Å². The van der Waals surface area contributed by atoms with Gasteiger partial charge in [-0.15, -0.1) is 0 Å². The van der Waals surface area contributed by atoms with E-state index in [4.69, 9.17) is 9.47 Å². The second-order valence-corrected chi connectivity index (χ2v) is 8.81. The van der Waals surface area contributed by atoms with Crippen LogP contribution in [-0.2, 0) is 14.3 Å². The average molecular weight is 338 g/mol. The normalized spacial score (nSPS) is 46.2. The minimum Gasteiger partial charge on any atom is -0.381 e. The van der Waals surface area contributed by atoms with Crippen LogP contribution in [0.2, 0.25) is 0 Å². The summed E-state index contributed by atoms with van der Waals surface area (Å²) < 4.78 is 11.3. The summed E-state index contributed by atoms with van der Waals surface area (Å²) in [7, 11) is 1.83. The second-order valence-electron chi connectivity index (χ2n) is 8.81. The Hall–Kier alpha value is -0.610. The number of carbonyl (C=O) groups excluding carboxylic acids is 1. The maximum Gasteiger partial charge on any atom is 0.229 e. The minimum absolute atomic E-state index is 0.104. The first kappa shape index (κ1) is 18.2. The molecule has 2 saturated heterocycles. The van der Waals surface area contributed by atoms with Crippen molar-refractivity contribution in [1.82, 2.24) is 4.90 Å². The first-order valence-electron chi connectivity index (χ1n) is 9.80. The summed E-state index contributed by atoms with van der Waals surface area (Å²) in [6.07, 6.45) is 5.96. The van der Waals surface area contributed by atoms with Crippen molar-refractivity contribution in [1.29, 1.82) is 0 Å². The van der Waals surface area contributed by atoms with Crippen molar-refractivity contribution in [3.63, 3.8) is 0 Å². The van der Waals surface area contributed by atoms with Crippen LogP contribution in [0.25, 0.3) is 0 Å². The average Bonchev–Trinajstić information content (AvgIpc) is 2.80. The minimum atomic E-state index is -0.229. The van der Waals surface area contributed by atoms with Crippen LogP contribution in [-0.4, -0.2) is 49.8 Å². The van der Waals surface area contributed by atoms with Gasteiger partial charge in [-0.3, -0.25) is 4.79 Å². The fourth-order valence-electron chi connectivity index (χ4n) is 5.96. The predicted octanol–water partition coefficient (Wildman–Crippen LogP) is 3.49. The summed E-state index contributed by atoms with van der Waals surface area (Å²) in [6.45, 7) is 11.7. The highest BCUT2D eigenvalue weighted by molar-refractivity contribution is 5.85. The molecule has 24 heavy (non-hydrogen) atoms. The standard InChI is InChI=1S/C20H35NO3/c1-6-20(11-14(2)17(23-5)15(3)12-20)19(4)8-9-21(18(19)22)13-16-7-10-24-16/h14-17H,6-13H2,1-5H3. The van der Waals surface area contributed by atoms with E-state index in [0.717, 1.165) is 51.8 Å². The Kier molecular flexibility index (Phi) is 5.00. The van der Waals surface area contributed by atoms with E-state index in [1.165, 1.54) is 0 Å². The van der Waals surface area contributed by atoms with Gasteiger partial charge in [0.15, 0.2) is 0 Å². The molecule has 3 aliphatic rings. The summed E-state index contributed by atoms with van der Waals surface area (Å²) in [5.74, 6) is 1.38. The van der Waals surface area contributed by atoms with Gasteiger partial charge in [0.05, 0.1) is 17.6 Å².